The van der Waals surface area contributed by atoms with E-state index in [0.29, 0.717) is 34.3 Å². The molecule has 2 amide bonds. The number of aromatic nitrogens is 2. The van der Waals surface area contributed by atoms with Crippen LogP contribution in [0.1, 0.15) is 12.5 Å². The van der Waals surface area contributed by atoms with Gasteiger partial charge in [0.25, 0.3) is 0 Å². The van der Waals surface area contributed by atoms with Gasteiger partial charge < -0.3 is 5.32 Å². The molecule has 0 saturated heterocycles. The van der Waals surface area contributed by atoms with Crippen LogP contribution in [0.4, 0.5) is 15.0 Å². The number of pyridine rings is 2. The molecule has 0 aliphatic heterocycles. The zero-order valence-electron chi connectivity index (χ0n) is 15.6. The second-order valence-electron chi connectivity index (χ2n) is 6.57. The Bertz CT molecular complexity index is 1210. The Kier molecular flexibility index (Phi) is 4.61. The van der Waals surface area contributed by atoms with Gasteiger partial charge in [0, 0.05) is 46.2 Å². The van der Waals surface area contributed by atoms with Crippen molar-refractivity contribution < 1.29 is 9.18 Å². The third-order valence-corrected chi connectivity index (χ3v) is 4.64. The number of nitrogens with zero attached hydrogens (tertiary/aromatic N) is 2. The molecule has 2 N–H and O–H groups in total. The first-order valence-corrected chi connectivity index (χ1v) is 9.05. The second-order valence-corrected chi connectivity index (χ2v) is 6.57. The van der Waals surface area contributed by atoms with Crippen molar-refractivity contribution in [1.82, 2.24) is 15.3 Å². The molecule has 28 heavy (non-hydrogen) atoms. The standard InChI is InChI=1S/C22H19FN4O/c1-3-24-22(28)27-20-10-17-18(12-26-20)13(2)8-16(21(17)23)15-9-14-6-4-5-7-19(14)25-11-15/h4-12H,3H2,1-2H3,(H2,24,26,27,28). The summed E-state index contributed by atoms with van der Waals surface area (Å²) in [5.74, 6) is -0.0652. The van der Waals surface area contributed by atoms with Crippen LogP contribution in [0.25, 0.3) is 32.8 Å². The van der Waals surface area contributed by atoms with Crippen molar-refractivity contribution >= 4 is 33.5 Å². The number of fused-ring (bicyclic) bond motifs is 2. The number of benzene rings is 2. The Morgan fingerprint density at radius 1 is 1.07 bits per heavy atom. The van der Waals surface area contributed by atoms with Crippen LogP contribution in [0.5, 0.6) is 0 Å². The Balaban J connectivity index is 1.84. The number of hydrogen-bond donors (Lipinski definition) is 2. The van der Waals surface area contributed by atoms with Gasteiger partial charge in [0.05, 0.1) is 5.52 Å². The van der Waals surface area contributed by atoms with Gasteiger partial charge in [-0.1, -0.05) is 18.2 Å². The van der Waals surface area contributed by atoms with Crippen molar-refractivity contribution in [2.24, 2.45) is 0 Å². The van der Waals surface area contributed by atoms with Gasteiger partial charge in [0.2, 0.25) is 0 Å². The lowest BCUT2D eigenvalue weighted by Gasteiger charge is -2.12. The maximum Gasteiger partial charge on any atom is 0.320 e. The average Bonchev–Trinajstić information content (AvgIpc) is 2.70. The molecule has 0 radical (unpaired) electrons. The molecule has 0 unspecified atom stereocenters. The minimum absolute atomic E-state index is 0.297. The number of halogens is 1. The molecule has 140 valence electrons. The molecule has 0 fully saturated rings. The lowest BCUT2D eigenvalue weighted by atomic mass is 9.97. The van der Waals surface area contributed by atoms with Gasteiger partial charge in [-0.2, -0.15) is 0 Å². The predicted molar refractivity (Wildman–Crippen MR) is 110 cm³/mol. The molecule has 2 aromatic heterocycles. The van der Waals surface area contributed by atoms with E-state index >= 15 is 4.39 Å². The number of rotatable bonds is 3. The average molecular weight is 374 g/mol. The first-order valence-electron chi connectivity index (χ1n) is 9.05. The molecular formula is C22H19FN4O. The summed E-state index contributed by atoms with van der Waals surface area (Å²) in [4.78, 5) is 20.4. The first-order chi connectivity index (χ1) is 13.6. The van der Waals surface area contributed by atoms with Crippen molar-refractivity contribution in [2.75, 3.05) is 11.9 Å². The van der Waals surface area contributed by atoms with Crippen LogP contribution in [0.15, 0.2) is 54.9 Å². The van der Waals surface area contributed by atoms with Crippen LogP contribution in [-0.2, 0) is 0 Å². The highest BCUT2D eigenvalue weighted by Crippen LogP contribution is 2.33. The number of para-hydroxylation sites is 1. The van der Waals surface area contributed by atoms with Gasteiger partial charge in [0.15, 0.2) is 0 Å². The number of urea groups is 1. The van der Waals surface area contributed by atoms with Gasteiger partial charge in [-0.3, -0.25) is 10.3 Å². The summed E-state index contributed by atoms with van der Waals surface area (Å²) < 4.78 is 15.4. The van der Waals surface area contributed by atoms with Crippen LogP contribution in [0, 0.1) is 12.7 Å². The SMILES string of the molecule is CCNC(=O)Nc1cc2c(F)c(-c3cnc4ccccc4c3)cc(C)c2cn1. The molecule has 4 rings (SSSR count). The molecule has 0 aliphatic rings. The fourth-order valence-corrected chi connectivity index (χ4v) is 3.27. The largest absolute Gasteiger partial charge is 0.338 e. The van der Waals surface area contributed by atoms with Gasteiger partial charge in [0.1, 0.15) is 11.6 Å². The first kappa shape index (κ1) is 17.9. The van der Waals surface area contributed by atoms with Crippen molar-refractivity contribution in [1.29, 1.82) is 0 Å². The number of nitrogens with one attached hydrogen (secondary N) is 2. The zero-order valence-corrected chi connectivity index (χ0v) is 15.6. The summed E-state index contributed by atoms with van der Waals surface area (Å²) in [6.45, 7) is 4.23. The highest BCUT2D eigenvalue weighted by molar-refractivity contribution is 5.95. The molecule has 0 bridgehead atoms. The van der Waals surface area contributed by atoms with E-state index in [1.165, 1.54) is 0 Å². The lowest BCUT2D eigenvalue weighted by Crippen LogP contribution is -2.28. The summed E-state index contributed by atoms with van der Waals surface area (Å²) in [6.07, 6.45) is 3.26. The Morgan fingerprint density at radius 2 is 1.89 bits per heavy atom. The minimum Gasteiger partial charge on any atom is -0.338 e. The lowest BCUT2D eigenvalue weighted by molar-refractivity contribution is 0.252. The minimum atomic E-state index is -0.374. The van der Waals surface area contributed by atoms with Gasteiger partial charge in [-0.15, -0.1) is 0 Å². The summed E-state index contributed by atoms with van der Waals surface area (Å²) in [5.41, 5.74) is 2.94. The molecule has 0 aliphatic carbocycles. The smallest absolute Gasteiger partial charge is 0.320 e. The topological polar surface area (TPSA) is 66.9 Å². The fourth-order valence-electron chi connectivity index (χ4n) is 3.27. The quantitative estimate of drug-likeness (QED) is 0.528. The Morgan fingerprint density at radius 3 is 2.71 bits per heavy atom. The number of hydrogen-bond acceptors (Lipinski definition) is 3. The summed E-state index contributed by atoms with van der Waals surface area (Å²) in [6, 6.07) is 12.7. The number of carbonyl (C=O) groups excluding carboxylic acids is 1. The summed E-state index contributed by atoms with van der Waals surface area (Å²) in [5, 5.41) is 7.32. The normalized spacial score (nSPS) is 11.0. The van der Waals surface area contributed by atoms with E-state index in [4.69, 9.17) is 0 Å². The van der Waals surface area contributed by atoms with Gasteiger partial charge in [-0.05, 0) is 43.7 Å². The van der Waals surface area contributed by atoms with Crippen LogP contribution in [-0.4, -0.2) is 22.5 Å². The fraction of sp³-hybridized carbons (Fsp3) is 0.136. The van der Waals surface area contributed by atoms with E-state index in [1.807, 2.05) is 50.2 Å². The molecule has 5 nitrogen and oxygen atoms in total. The van der Waals surface area contributed by atoms with Crippen molar-refractivity contribution in [3.63, 3.8) is 0 Å². The number of aryl methyl sites for hydroxylation is 1. The summed E-state index contributed by atoms with van der Waals surface area (Å²) in [7, 11) is 0. The zero-order chi connectivity index (χ0) is 19.7. The molecule has 0 saturated carbocycles. The number of amides is 2. The van der Waals surface area contributed by atoms with Crippen LogP contribution in [0.2, 0.25) is 0 Å². The van der Waals surface area contributed by atoms with E-state index < -0.39 is 0 Å². The molecule has 0 atom stereocenters. The molecule has 6 heteroatoms. The number of carbonyl (C=O) groups is 1. The van der Waals surface area contributed by atoms with Crippen molar-refractivity contribution in [3.05, 3.63) is 66.2 Å². The van der Waals surface area contributed by atoms with E-state index in [0.717, 1.165) is 16.5 Å². The van der Waals surface area contributed by atoms with E-state index in [1.54, 1.807) is 18.5 Å². The van der Waals surface area contributed by atoms with E-state index in [9.17, 15) is 4.79 Å². The molecule has 4 aromatic rings. The van der Waals surface area contributed by atoms with Crippen LogP contribution < -0.4 is 10.6 Å². The third kappa shape index (κ3) is 3.24. The van der Waals surface area contributed by atoms with Gasteiger partial charge >= 0.3 is 6.03 Å². The van der Waals surface area contributed by atoms with Gasteiger partial charge in [-0.25, -0.2) is 14.2 Å². The number of anilines is 1. The maximum absolute atomic E-state index is 15.4. The monoisotopic (exact) mass is 374 g/mol. The predicted octanol–water partition coefficient (Wildman–Crippen LogP) is 5.04. The van der Waals surface area contributed by atoms with Crippen molar-refractivity contribution in [2.45, 2.75) is 13.8 Å². The molecular weight excluding hydrogens is 355 g/mol. The molecule has 2 heterocycles. The van der Waals surface area contributed by atoms with Crippen LogP contribution in [0.3, 0.4) is 0 Å². The highest BCUT2D eigenvalue weighted by Gasteiger charge is 2.14. The molecule has 0 spiro atoms. The molecule has 2 aromatic carbocycles. The second kappa shape index (κ2) is 7.23. The van der Waals surface area contributed by atoms with Crippen molar-refractivity contribution in [3.8, 4) is 11.1 Å². The van der Waals surface area contributed by atoms with E-state index in [-0.39, 0.29) is 11.8 Å². The van der Waals surface area contributed by atoms with Crippen LogP contribution >= 0.6 is 0 Å². The van der Waals surface area contributed by atoms with E-state index in [2.05, 4.69) is 20.6 Å². The Hall–Kier alpha value is -3.54. The third-order valence-electron chi connectivity index (χ3n) is 4.64. The summed E-state index contributed by atoms with van der Waals surface area (Å²) >= 11 is 0. The Labute approximate surface area is 161 Å². The highest BCUT2D eigenvalue weighted by atomic mass is 19.1. The maximum atomic E-state index is 15.4.